The van der Waals surface area contributed by atoms with Crippen molar-refractivity contribution in [2.75, 3.05) is 14.7 Å². The van der Waals surface area contributed by atoms with Crippen molar-refractivity contribution in [1.29, 1.82) is 0 Å². The van der Waals surface area contributed by atoms with E-state index in [9.17, 15) is 0 Å². The van der Waals surface area contributed by atoms with Gasteiger partial charge in [0.05, 0.1) is 22.7 Å². The van der Waals surface area contributed by atoms with Gasteiger partial charge >= 0.3 is 0 Å². The minimum Gasteiger partial charge on any atom is -0.455 e. The Kier molecular flexibility index (Phi) is 18.0. The summed E-state index contributed by atoms with van der Waals surface area (Å²) >= 11 is 0. The average Bonchev–Trinajstić information content (AvgIpc) is 0.889. The van der Waals surface area contributed by atoms with Gasteiger partial charge in [-0.25, -0.2) is 0 Å². The third kappa shape index (κ3) is 12.7. The van der Waals surface area contributed by atoms with E-state index in [1.807, 2.05) is 18.2 Å². The fourth-order valence-corrected chi connectivity index (χ4v) is 22.3. The maximum Gasteiger partial charge on any atom is 0.143 e. The van der Waals surface area contributed by atoms with Crippen molar-refractivity contribution in [2.24, 2.45) is 0 Å². The standard InChI is InChI=1S/3C44H27NO/c1-3-13-32-29(11-1)25-41(36-17-7-5-15-34(32)36)45(42-26-30-12-2-4-14-33(30)35-16-6-8-18-37(35)42)31-23-21-28-22-24-39-38-19-9-10-20-43(38)46-44(39)40(28)27-31;1-3-11-34-28(9-1)17-18-29-19-22-32(26-40(29)34)45(42-25-31-10-2-4-12-35(31)36-13-5-6-14-37(36)42)33-23-20-30-21-24-39-38-15-7-8-16-43(38)46-44(39)41(30)27-33;1-3-11-34-28(9-1)17-18-31-25-32(22-24-36(31)34)45(42-26-30-10-2-4-12-35(30)37-13-5-6-14-38(37)42)33-21-19-29-20-23-40-39-15-7-8-16-43(39)46-44(40)41(29)27-33/h3*1-27H. The second-order valence-electron chi connectivity index (χ2n) is 36.4. The number of furan rings is 3. The van der Waals surface area contributed by atoms with Crippen LogP contribution in [0.5, 0.6) is 0 Å². The van der Waals surface area contributed by atoms with Crippen LogP contribution in [-0.4, -0.2) is 0 Å². The Labute approximate surface area is 792 Å². The number of rotatable bonds is 9. The molecule has 0 aliphatic rings. The van der Waals surface area contributed by atoms with Crippen LogP contribution in [0.1, 0.15) is 0 Å². The third-order valence-corrected chi connectivity index (χ3v) is 28.7. The van der Waals surface area contributed by atoms with Crippen LogP contribution in [0.4, 0.5) is 51.2 Å². The second kappa shape index (κ2) is 31.7. The number of para-hydroxylation sites is 3. The minimum absolute atomic E-state index is 0.910. The molecule has 0 aliphatic heterocycles. The predicted octanol–water partition coefficient (Wildman–Crippen LogP) is 38.5. The molecular formula is C132H81N3O3. The van der Waals surface area contributed by atoms with E-state index < -0.39 is 0 Å². The SMILES string of the molecule is c1ccc2c(c1)cc(N(c1ccc3ccc4c5ccccc5oc4c3c1)c1cc3ccccc3c3ccccc13)c1ccccc12.c1ccc2c(c1)ccc1cc(N(c3ccc4ccc5c6ccccc6oc5c4c3)c3cc4ccccc4c4ccccc34)ccc12.c1ccc2c(c1)ccc1ccc(N(c3ccc4ccc5c6ccccc6oc5c4c3)c3cc4ccccc4c4ccccc34)cc12. The smallest absolute Gasteiger partial charge is 0.143 e. The Bertz CT molecular complexity index is 10200. The van der Waals surface area contributed by atoms with Crippen molar-refractivity contribution >= 4 is 279 Å². The van der Waals surface area contributed by atoms with Crippen molar-refractivity contribution in [3.63, 3.8) is 0 Å². The van der Waals surface area contributed by atoms with Gasteiger partial charge in [-0.15, -0.1) is 0 Å². The summed E-state index contributed by atoms with van der Waals surface area (Å²) in [6, 6.07) is 178. The van der Waals surface area contributed by atoms with E-state index in [2.05, 4.69) is 488 Å². The molecule has 138 heavy (non-hydrogen) atoms. The summed E-state index contributed by atoms with van der Waals surface area (Å²) in [7, 11) is 0. The molecule has 30 aromatic rings. The van der Waals surface area contributed by atoms with Crippen LogP contribution < -0.4 is 14.7 Å². The van der Waals surface area contributed by atoms with Gasteiger partial charge in [0, 0.05) is 98.5 Å². The van der Waals surface area contributed by atoms with Gasteiger partial charge < -0.3 is 28.0 Å². The van der Waals surface area contributed by atoms with Crippen molar-refractivity contribution in [3.05, 3.63) is 491 Å². The first-order valence-corrected chi connectivity index (χ1v) is 47.3. The van der Waals surface area contributed by atoms with Crippen LogP contribution >= 0.6 is 0 Å². The van der Waals surface area contributed by atoms with Gasteiger partial charge in [0.1, 0.15) is 33.5 Å². The molecule has 0 saturated heterocycles. The van der Waals surface area contributed by atoms with E-state index in [4.69, 9.17) is 13.3 Å². The molecule has 0 unspecified atom stereocenters. The molecule has 0 radical (unpaired) electrons. The fourth-order valence-electron chi connectivity index (χ4n) is 22.3. The number of fused-ring (bicyclic) bond motifs is 33. The van der Waals surface area contributed by atoms with E-state index in [0.29, 0.717) is 0 Å². The lowest BCUT2D eigenvalue weighted by atomic mass is 9.96. The van der Waals surface area contributed by atoms with E-state index in [0.717, 1.165) is 149 Å². The minimum atomic E-state index is 0.910. The Morgan fingerprint density at radius 2 is 0.297 bits per heavy atom. The third-order valence-electron chi connectivity index (χ3n) is 28.7. The maximum atomic E-state index is 6.55. The van der Waals surface area contributed by atoms with Gasteiger partial charge in [0.15, 0.2) is 0 Å². The summed E-state index contributed by atoms with van der Waals surface area (Å²) in [5.74, 6) is 0. The molecule has 27 aromatic carbocycles. The van der Waals surface area contributed by atoms with E-state index in [1.165, 1.54) is 129 Å². The summed E-state index contributed by atoms with van der Waals surface area (Å²) in [6.07, 6.45) is 0. The average molecular weight is 1760 g/mol. The first kappa shape index (κ1) is 78.3. The van der Waals surface area contributed by atoms with E-state index in [-0.39, 0.29) is 0 Å². The Morgan fingerprint density at radius 1 is 0.109 bits per heavy atom. The van der Waals surface area contributed by atoms with Crippen LogP contribution in [0, 0.1) is 0 Å². The van der Waals surface area contributed by atoms with E-state index in [1.54, 1.807) is 0 Å². The van der Waals surface area contributed by atoms with Gasteiger partial charge in [-0.3, -0.25) is 0 Å². The predicted molar refractivity (Wildman–Crippen MR) is 588 cm³/mol. The summed E-state index contributed by atoms with van der Waals surface area (Å²) in [5, 5.41) is 43.3. The summed E-state index contributed by atoms with van der Waals surface area (Å²) in [5.41, 5.74) is 15.6. The molecule has 3 aromatic heterocycles. The van der Waals surface area contributed by atoms with Crippen molar-refractivity contribution < 1.29 is 13.3 Å². The zero-order valence-corrected chi connectivity index (χ0v) is 74.8. The number of anilines is 9. The first-order valence-electron chi connectivity index (χ1n) is 47.3. The quantitative estimate of drug-likeness (QED) is 0.134. The van der Waals surface area contributed by atoms with Crippen LogP contribution in [-0.2, 0) is 0 Å². The zero-order chi connectivity index (χ0) is 90.6. The highest BCUT2D eigenvalue weighted by atomic mass is 16.3. The molecule has 0 spiro atoms. The lowest BCUT2D eigenvalue weighted by molar-refractivity contribution is 0.672. The Balaban J connectivity index is 0.000000102. The lowest BCUT2D eigenvalue weighted by Crippen LogP contribution is -2.11. The summed E-state index contributed by atoms with van der Waals surface area (Å²) in [6.45, 7) is 0. The maximum absolute atomic E-state index is 6.55. The summed E-state index contributed by atoms with van der Waals surface area (Å²) < 4.78 is 19.6. The van der Waals surface area contributed by atoms with Gasteiger partial charge in [0.25, 0.3) is 0 Å². The molecule has 0 fully saturated rings. The van der Waals surface area contributed by atoms with Crippen LogP contribution in [0.2, 0.25) is 0 Å². The second-order valence-corrected chi connectivity index (χ2v) is 36.4. The number of hydrogen-bond acceptors (Lipinski definition) is 6. The molecular weight excluding hydrogens is 1680 g/mol. The lowest BCUT2D eigenvalue weighted by Gasteiger charge is -2.29. The topological polar surface area (TPSA) is 49.1 Å². The molecule has 6 heteroatoms. The highest BCUT2D eigenvalue weighted by Gasteiger charge is 2.27. The monoisotopic (exact) mass is 1760 g/mol. The zero-order valence-electron chi connectivity index (χ0n) is 74.8. The van der Waals surface area contributed by atoms with Crippen molar-refractivity contribution in [2.45, 2.75) is 0 Å². The van der Waals surface area contributed by atoms with Crippen molar-refractivity contribution in [1.82, 2.24) is 0 Å². The molecule has 0 atom stereocenters. The van der Waals surface area contributed by atoms with Gasteiger partial charge in [-0.1, -0.05) is 370 Å². The Morgan fingerprint density at radius 3 is 0.638 bits per heavy atom. The van der Waals surface area contributed by atoms with Crippen LogP contribution in [0.25, 0.3) is 227 Å². The molecule has 642 valence electrons. The number of nitrogens with zero attached hydrogens (tertiary/aromatic N) is 3. The van der Waals surface area contributed by atoms with Crippen LogP contribution in [0.3, 0.4) is 0 Å². The molecule has 6 nitrogen and oxygen atoms in total. The largest absolute Gasteiger partial charge is 0.455 e. The van der Waals surface area contributed by atoms with Gasteiger partial charge in [-0.05, 0) is 245 Å². The van der Waals surface area contributed by atoms with Gasteiger partial charge in [-0.2, -0.15) is 0 Å². The molecule has 30 rings (SSSR count). The summed E-state index contributed by atoms with van der Waals surface area (Å²) in [4.78, 5) is 7.31. The molecule has 0 saturated carbocycles. The fraction of sp³-hybridized carbons (Fsp3) is 0. The Hall–Kier alpha value is -18.4. The highest BCUT2D eigenvalue weighted by Crippen LogP contribution is 2.52. The number of benzene rings is 27. The van der Waals surface area contributed by atoms with Crippen molar-refractivity contribution in [3.8, 4) is 0 Å². The molecule has 0 amide bonds. The van der Waals surface area contributed by atoms with Gasteiger partial charge in [0.2, 0.25) is 0 Å². The first-order chi connectivity index (χ1) is 68.4. The normalized spacial score (nSPS) is 11.9. The molecule has 3 heterocycles. The molecule has 0 N–H and O–H groups in total. The highest BCUT2D eigenvalue weighted by molar-refractivity contribution is 6.25. The van der Waals surface area contributed by atoms with E-state index >= 15 is 0 Å². The van der Waals surface area contributed by atoms with Crippen LogP contribution in [0.15, 0.2) is 505 Å². The molecule has 0 bridgehead atoms. The number of hydrogen-bond donors (Lipinski definition) is 0. The molecule has 0 aliphatic carbocycles.